The summed E-state index contributed by atoms with van der Waals surface area (Å²) in [7, 11) is -3.38. The summed E-state index contributed by atoms with van der Waals surface area (Å²) in [4.78, 5) is 0.445. The summed E-state index contributed by atoms with van der Waals surface area (Å²) in [6.45, 7) is 8.44. The molecule has 1 aromatic rings. The lowest BCUT2D eigenvalue weighted by molar-refractivity contribution is 0.153. The standard InChI is InChI=1S/C15H23NO2S/c1-5-6-11-15(14(2,3)4)12-9-7-8-10-13(12)19(17,18)16-15/h7-10,16H,5-6,11H2,1-4H3/t15-/m0/s1. The third-order valence-electron chi connectivity index (χ3n) is 4.13. The molecular weight excluding hydrogens is 258 g/mol. The number of benzene rings is 1. The average Bonchev–Trinajstić information content (AvgIpc) is 2.56. The van der Waals surface area contributed by atoms with Crippen molar-refractivity contribution in [3.05, 3.63) is 29.8 Å². The largest absolute Gasteiger partial charge is 0.241 e. The van der Waals surface area contributed by atoms with Crippen LogP contribution in [0.3, 0.4) is 0 Å². The van der Waals surface area contributed by atoms with Crippen molar-refractivity contribution in [1.82, 2.24) is 4.72 Å². The van der Waals surface area contributed by atoms with Gasteiger partial charge < -0.3 is 0 Å². The summed E-state index contributed by atoms with van der Waals surface area (Å²) in [5.74, 6) is 0. The van der Waals surface area contributed by atoms with Crippen LogP contribution >= 0.6 is 0 Å². The van der Waals surface area contributed by atoms with Crippen molar-refractivity contribution < 1.29 is 8.42 Å². The van der Waals surface area contributed by atoms with E-state index in [9.17, 15) is 8.42 Å². The van der Waals surface area contributed by atoms with Crippen molar-refractivity contribution in [2.24, 2.45) is 5.41 Å². The fraction of sp³-hybridized carbons (Fsp3) is 0.600. The molecule has 0 saturated carbocycles. The maximum atomic E-state index is 12.4. The van der Waals surface area contributed by atoms with Crippen LogP contribution in [-0.2, 0) is 15.6 Å². The fourth-order valence-electron chi connectivity index (χ4n) is 2.95. The number of hydrogen-bond donors (Lipinski definition) is 1. The quantitative estimate of drug-likeness (QED) is 0.923. The van der Waals surface area contributed by atoms with Crippen LogP contribution in [-0.4, -0.2) is 8.42 Å². The van der Waals surface area contributed by atoms with Crippen molar-refractivity contribution in [2.45, 2.75) is 57.4 Å². The van der Waals surface area contributed by atoms with Gasteiger partial charge in [-0.3, -0.25) is 0 Å². The number of unbranched alkanes of at least 4 members (excludes halogenated alkanes) is 1. The van der Waals surface area contributed by atoms with E-state index in [0.29, 0.717) is 4.90 Å². The minimum Gasteiger partial charge on any atom is -0.207 e. The summed E-state index contributed by atoms with van der Waals surface area (Å²) in [6.07, 6.45) is 2.90. The van der Waals surface area contributed by atoms with Gasteiger partial charge in [-0.1, -0.05) is 58.7 Å². The summed E-state index contributed by atoms with van der Waals surface area (Å²) in [5, 5.41) is 0. The summed E-state index contributed by atoms with van der Waals surface area (Å²) in [5.41, 5.74) is 0.274. The van der Waals surface area contributed by atoms with E-state index in [0.717, 1.165) is 24.8 Å². The van der Waals surface area contributed by atoms with Crippen LogP contribution in [0.1, 0.15) is 52.5 Å². The smallest absolute Gasteiger partial charge is 0.207 e. The van der Waals surface area contributed by atoms with Gasteiger partial charge in [0.25, 0.3) is 0 Å². The highest BCUT2D eigenvalue weighted by molar-refractivity contribution is 7.89. The molecule has 19 heavy (non-hydrogen) atoms. The maximum absolute atomic E-state index is 12.4. The Kier molecular flexibility index (Phi) is 3.52. The van der Waals surface area contributed by atoms with Crippen LogP contribution < -0.4 is 4.72 Å². The predicted octanol–water partition coefficient (Wildman–Crippen LogP) is 3.41. The van der Waals surface area contributed by atoms with E-state index in [1.54, 1.807) is 12.1 Å². The molecule has 0 spiro atoms. The van der Waals surface area contributed by atoms with Crippen molar-refractivity contribution in [2.75, 3.05) is 0 Å². The Labute approximate surface area is 116 Å². The molecule has 0 unspecified atom stereocenters. The molecule has 1 aromatic carbocycles. The second-order valence-electron chi connectivity index (χ2n) is 6.36. The van der Waals surface area contributed by atoms with Gasteiger partial charge in [0.05, 0.1) is 10.4 Å². The van der Waals surface area contributed by atoms with Gasteiger partial charge in [0.15, 0.2) is 0 Å². The van der Waals surface area contributed by atoms with Gasteiger partial charge in [-0.05, 0) is 23.5 Å². The number of hydrogen-bond acceptors (Lipinski definition) is 2. The van der Waals surface area contributed by atoms with Gasteiger partial charge in [-0.2, -0.15) is 4.72 Å². The van der Waals surface area contributed by atoms with E-state index in [1.165, 1.54) is 0 Å². The molecule has 1 N–H and O–H groups in total. The summed E-state index contributed by atoms with van der Waals surface area (Å²) in [6, 6.07) is 7.37. The maximum Gasteiger partial charge on any atom is 0.241 e. The topological polar surface area (TPSA) is 46.2 Å². The Morgan fingerprint density at radius 3 is 2.42 bits per heavy atom. The molecule has 0 amide bonds. The van der Waals surface area contributed by atoms with Gasteiger partial charge in [0.1, 0.15) is 0 Å². The molecule has 0 bridgehead atoms. The van der Waals surface area contributed by atoms with Gasteiger partial charge in [-0.25, -0.2) is 8.42 Å². The van der Waals surface area contributed by atoms with E-state index in [-0.39, 0.29) is 5.41 Å². The van der Waals surface area contributed by atoms with E-state index in [4.69, 9.17) is 0 Å². The Bertz CT molecular complexity index is 572. The van der Waals surface area contributed by atoms with Gasteiger partial charge in [0, 0.05) is 0 Å². The molecule has 1 aliphatic rings. The first-order valence-electron chi connectivity index (χ1n) is 6.88. The molecule has 0 fully saturated rings. The van der Waals surface area contributed by atoms with Crippen LogP contribution in [0.2, 0.25) is 0 Å². The van der Waals surface area contributed by atoms with Crippen molar-refractivity contribution in [1.29, 1.82) is 0 Å². The van der Waals surface area contributed by atoms with Crippen LogP contribution in [0.25, 0.3) is 0 Å². The first-order chi connectivity index (χ1) is 8.74. The normalized spacial score (nSPS) is 25.3. The van der Waals surface area contributed by atoms with Gasteiger partial charge >= 0.3 is 0 Å². The SMILES string of the molecule is CCCC[C@]1(C(C)(C)C)NS(=O)(=O)c2ccccc21. The fourth-order valence-corrected chi connectivity index (χ4v) is 4.83. The van der Waals surface area contributed by atoms with Crippen molar-refractivity contribution >= 4 is 10.0 Å². The van der Waals surface area contributed by atoms with Crippen LogP contribution in [0.5, 0.6) is 0 Å². The van der Waals surface area contributed by atoms with Crippen molar-refractivity contribution in [3.63, 3.8) is 0 Å². The average molecular weight is 281 g/mol. The molecule has 0 aliphatic carbocycles. The van der Waals surface area contributed by atoms with Crippen molar-refractivity contribution in [3.8, 4) is 0 Å². The Morgan fingerprint density at radius 2 is 1.84 bits per heavy atom. The molecule has 2 rings (SSSR count). The van der Waals surface area contributed by atoms with E-state index < -0.39 is 15.6 Å². The highest BCUT2D eigenvalue weighted by Gasteiger charge is 2.52. The zero-order chi connectivity index (χ0) is 14.3. The molecule has 4 heteroatoms. The lowest BCUT2D eigenvalue weighted by Crippen LogP contribution is -2.49. The van der Waals surface area contributed by atoms with E-state index in [1.807, 2.05) is 12.1 Å². The zero-order valence-corrected chi connectivity index (χ0v) is 13.0. The van der Waals surface area contributed by atoms with Gasteiger partial charge in [0.2, 0.25) is 10.0 Å². The second kappa shape index (κ2) is 4.60. The number of nitrogens with one attached hydrogen (secondary N) is 1. The van der Waals surface area contributed by atoms with E-state index >= 15 is 0 Å². The van der Waals surface area contributed by atoms with Crippen LogP contribution in [0.15, 0.2) is 29.2 Å². The lowest BCUT2D eigenvalue weighted by Gasteiger charge is -2.42. The highest BCUT2D eigenvalue weighted by Crippen LogP contribution is 2.49. The lowest BCUT2D eigenvalue weighted by atomic mass is 9.67. The molecule has 0 radical (unpaired) electrons. The first-order valence-corrected chi connectivity index (χ1v) is 8.36. The van der Waals surface area contributed by atoms with E-state index in [2.05, 4.69) is 32.4 Å². The molecule has 106 valence electrons. The Balaban J connectivity index is 2.65. The molecule has 0 aromatic heterocycles. The van der Waals surface area contributed by atoms with Crippen LogP contribution in [0.4, 0.5) is 0 Å². The summed E-state index contributed by atoms with van der Waals surface area (Å²) >= 11 is 0. The molecule has 1 atom stereocenters. The molecule has 3 nitrogen and oxygen atoms in total. The minimum atomic E-state index is -3.38. The Morgan fingerprint density at radius 1 is 1.21 bits per heavy atom. The summed E-state index contributed by atoms with van der Waals surface area (Å²) < 4.78 is 27.7. The third kappa shape index (κ3) is 2.21. The minimum absolute atomic E-state index is 0.165. The predicted molar refractivity (Wildman–Crippen MR) is 77.4 cm³/mol. The number of rotatable bonds is 3. The third-order valence-corrected chi connectivity index (χ3v) is 5.68. The molecular formula is C15H23NO2S. The van der Waals surface area contributed by atoms with Gasteiger partial charge in [-0.15, -0.1) is 0 Å². The molecule has 0 saturated heterocycles. The monoisotopic (exact) mass is 281 g/mol. The Hall–Kier alpha value is -0.870. The second-order valence-corrected chi connectivity index (χ2v) is 8.01. The number of fused-ring (bicyclic) bond motifs is 1. The first kappa shape index (κ1) is 14.5. The molecule has 1 aliphatic heterocycles. The molecule has 1 heterocycles. The number of sulfonamides is 1. The van der Waals surface area contributed by atoms with Crippen LogP contribution in [0, 0.1) is 5.41 Å². The zero-order valence-electron chi connectivity index (χ0n) is 12.2. The highest BCUT2D eigenvalue weighted by atomic mass is 32.2.